The summed E-state index contributed by atoms with van der Waals surface area (Å²) in [6, 6.07) is 0. The largest absolute Gasteiger partial charge is 0.425 e. The first kappa shape index (κ1) is 17.5. The van der Waals surface area contributed by atoms with E-state index in [1.165, 1.54) is 6.92 Å². The number of carbonyl (C=O) groups is 3. The predicted molar refractivity (Wildman–Crippen MR) is 65.5 cm³/mol. The Balaban J connectivity index is 3.94. The fourth-order valence-corrected chi connectivity index (χ4v) is 1.25. The van der Waals surface area contributed by atoms with Crippen molar-refractivity contribution in [3.05, 3.63) is 0 Å². The molecule has 0 spiro atoms. The minimum Gasteiger partial charge on any atom is -0.425 e. The number of Topliss-reactive ketones (excluding diaryl/α,β-unsaturated/α-hetero) is 1. The Kier molecular flexibility index (Phi) is 7.92. The van der Waals surface area contributed by atoms with E-state index in [1.807, 2.05) is 0 Å². The highest BCUT2D eigenvalue weighted by atomic mass is 32.2. The number of ether oxygens (including phenoxy) is 2. The third kappa shape index (κ3) is 9.14. The van der Waals surface area contributed by atoms with Gasteiger partial charge in [0.2, 0.25) is 6.29 Å². The van der Waals surface area contributed by atoms with Crippen molar-refractivity contribution < 1.29 is 32.6 Å². The smallest absolute Gasteiger partial charge is 0.410 e. The van der Waals surface area contributed by atoms with Crippen molar-refractivity contribution >= 4 is 28.9 Å². The molecule has 0 rings (SSSR count). The summed E-state index contributed by atoms with van der Waals surface area (Å²) >= 11 is -2.25. The molecule has 0 aliphatic carbocycles. The van der Waals surface area contributed by atoms with Gasteiger partial charge in [-0.3, -0.25) is 9.59 Å². The molecule has 2 unspecified atom stereocenters. The lowest BCUT2D eigenvalue weighted by Crippen LogP contribution is -2.35. The van der Waals surface area contributed by atoms with Crippen molar-refractivity contribution in [3.63, 3.8) is 0 Å². The van der Waals surface area contributed by atoms with Crippen molar-refractivity contribution in [1.82, 2.24) is 5.32 Å². The highest BCUT2D eigenvalue weighted by molar-refractivity contribution is 7.80. The van der Waals surface area contributed by atoms with Crippen LogP contribution in [0, 0.1) is 5.92 Å². The van der Waals surface area contributed by atoms with Crippen molar-refractivity contribution in [3.8, 4) is 0 Å². The number of hydrogen-bond acceptors (Lipinski definition) is 6. The van der Waals surface area contributed by atoms with Gasteiger partial charge in [-0.1, -0.05) is 13.8 Å². The molecule has 110 valence electrons. The topological polar surface area (TPSA) is 119 Å². The van der Waals surface area contributed by atoms with Gasteiger partial charge in [0, 0.05) is 6.92 Å². The van der Waals surface area contributed by atoms with Crippen LogP contribution in [0.5, 0.6) is 0 Å². The van der Waals surface area contributed by atoms with Crippen molar-refractivity contribution in [2.75, 3.05) is 12.3 Å². The van der Waals surface area contributed by atoms with Crippen LogP contribution in [0.4, 0.5) is 4.79 Å². The quantitative estimate of drug-likeness (QED) is 0.387. The Labute approximate surface area is 113 Å². The van der Waals surface area contributed by atoms with Gasteiger partial charge in [-0.2, -0.15) is 0 Å². The molecule has 0 radical (unpaired) electrons. The van der Waals surface area contributed by atoms with Gasteiger partial charge in [-0.25, -0.2) is 9.00 Å². The van der Waals surface area contributed by atoms with Gasteiger partial charge in [0.15, 0.2) is 16.9 Å². The molecular weight excluding hydrogens is 278 g/mol. The fraction of sp³-hybridized carbons (Fsp3) is 0.700. The number of nitrogens with one attached hydrogen (secondary N) is 1. The number of alkyl carbamates (subject to hydrolysis) is 1. The summed E-state index contributed by atoms with van der Waals surface area (Å²) < 4.78 is 28.1. The van der Waals surface area contributed by atoms with Crippen LogP contribution in [-0.2, 0) is 30.1 Å². The first-order valence-electron chi connectivity index (χ1n) is 5.46. The highest BCUT2D eigenvalue weighted by Gasteiger charge is 2.17. The first-order valence-corrected chi connectivity index (χ1v) is 6.74. The molecular formula is C10H17NO7S. The van der Waals surface area contributed by atoms with E-state index in [2.05, 4.69) is 10.1 Å². The molecule has 0 heterocycles. The van der Waals surface area contributed by atoms with E-state index in [0.29, 0.717) is 0 Å². The minimum absolute atomic E-state index is 0.352. The number of amides is 1. The predicted octanol–water partition coefficient (Wildman–Crippen LogP) is 0.0486. The van der Waals surface area contributed by atoms with E-state index in [-0.39, 0.29) is 5.92 Å². The van der Waals surface area contributed by atoms with Crippen molar-refractivity contribution in [1.29, 1.82) is 0 Å². The summed E-state index contributed by atoms with van der Waals surface area (Å²) in [5.41, 5.74) is 0. The maximum Gasteiger partial charge on any atom is 0.410 e. The molecule has 2 atom stereocenters. The van der Waals surface area contributed by atoms with Gasteiger partial charge in [0.25, 0.3) is 0 Å². The summed E-state index contributed by atoms with van der Waals surface area (Å²) in [4.78, 5) is 33.4. The zero-order valence-electron chi connectivity index (χ0n) is 10.9. The van der Waals surface area contributed by atoms with Gasteiger partial charge in [0.05, 0.1) is 12.5 Å². The normalized spacial score (nSPS) is 13.5. The molecule has 0 fully saturated rings. The molecule has 0 bridgehead atoms. The number of hydrogen-bond donors (Lipinski definition) is 2. The number of carbonyl (C=O) groups excluding carboxylic acids is 3. The number of esters is 1. The third-order valence-electron chi connectivity index (χ3n) is 1.74. The van der Waals surface area contributed by atoms with E-state index in [4.69, 9.17) is 9.29 Å². The number of rotatable bonds is 7. The molecule has 19 heavy (non-hydrogen) atoms. The summed E-state index contributed by atoms with van der Waals surface area (Å²) in [6.07, 6.45) is -2.04. The third-order valence-corrected chi connectivity index (χ3v) is 2.31. The molecule has 0 aromatic heterocycles. The average Bonchev–Trinajstić information content (AvgIpc) is 2.24. The summed E-state index contributed by atoms with van der Waals surface area (Å²) in [6.45, 7) is 4.17. The second-order valence-corrected chi connectivity index (χ2v) is 4.85. The summed E-state index contributed by atoms with van der Waals surface area (Å²) in [7, 11) is 0. The highest BCUT2D eigenvalue weighted by Crippen LogP contribution is 2.01. The van der Waals surface area contributed by atoms with Crippen LogP contribution in [0.25, 0.3) is 0 Å². The minimum atomic E-state index is -2.25. The Morgan fingerprint density at radius 2 is 1.79 bits per heavy atom. The maximum absolute atomic E-state index is 11.2. The second-order valence-electron chi connectivity index (χ2n) is 3.92. The fourth-order valence-electron chi connectivity index (χ4n) is 0.876. The average molecular weight is 295 g/mol. The van der Waals surface area contributed by atoms with Gasteiger partial charge in [-0.15, -0.1) is 0 Å². The van der Waals surface area contributed by atoms with Crippen molar-refractivity contribution in [2.24, 2.45) is 5.92 Å². The molecule has 8 nitrogen and oxygen atoms in total. The van der Waals surface area contributed by atoms with Crippen LogP contribution in [0.1, 0.15) is 20.8 Å². The summed E-state index contributed by atoms with van der Waals surface area (Å²) in [5.74, 6) is -2.06. The van der Waals surface area contributed by atoms with Gasteiger partial charge >= 0.3 is 12.1 Å². The van der Waals surface area contributed by atoms with Crippen LogP contribution in [0.15, 0.2) is 0 Å². The molecule has 0 aliphatic rings. The van der Waals surface area contributed by atoms with E-state index < -0.39 is 47.5 Å². The first-order chi connectivity index (χ1) is 8.72. The Hall–Kier alpha value is -1.48. The Morgan fingerprint density at radius 3 is 2.26 bits per heavy atom. The monoisotopic (exact) mass is 295 g/mol. The zero-order valence-corrected chi connectivity index (χ0v) is 11.7. The van der Waals surface area contributed by atoms with Crippen LogP contribution < -0.4 is 5.32 Å². The lowest BCUT2D eigenvalue weighted by molar-refractivity contribution is -0.168. The van der Waals surface area contributed by atoms with Crippen LogP contribution in [-0.4, -0.2) is 45.2 Å². The second kappa shape index (κ2) is 8.59. The van der Waals surface area contributed by atoms with Crippen LogP contribution >= 0.6 is 0 Å². The van der Waals surface area contributed by atoms with Crippen LogP contribution in [0.3, 0.4) is 0 Å². The van der Waals surface area contributed by atoms with E-state index in [0.717, 1.165) is 0 Å². The van der Waals surface area contributed by atoms with Gasteiger partial charge in [0.1, 0.15) is 5.75 Å². The SMILES string of the molecule is CC(OC(=O)NCC(=O)CS(=O)O)OC(=O)C(C)C. The van der Waals surface area contributed by atoms with Gasteiger partial charge < -0.3 is 19.3 Å². The lowest BCUT2D eigenvalue weighted by atomic mass is 10.2. The van der Waals surface area contributed by atoms with E-state index in [9.17, 15) is 18.6 Å². The molecule has 0 saturated heterocycles. The molecule has 1 amide bonds. The molecule has 0 aromatic rings. The molecule has 0 saturated carbocycles. The number of ketones is 1. The van der Waals surface area contributed by atoms with E-state index in [1.54, 1.807) is 13.8 Å². The lowest BCUT2D eigenvalue weighted by Gasteiger charge is -2.15. The van der Waals surface area contributed by atoms with Crippen molar-refractivity contribution in [2.45, 2.75) is 27.1 Å². The molecule has 2 N–H and O–H groups in total. The standard InChI is InChI=1S/C10H17NO7S/c1-6(2)9(13)17-7(3)18-10(14)11-4-8(12)5-19(15)16/h6-7H,4-5H2,1-3H3,(H,11,14)(H,15,16). The summed E-state index contributed by atoms with van der Waals surface area (Å²) in [5, 5.41) is 2.07. The van der Waals surface area contributed by atoms with Gasteiger partial charge in [-0.05, 0) is 0 Å². The molecule has 0 aliphatic heterocycles. The maximum atomic E-state index is 11.2. The Bertz CT molecular complexity index is 369. The molecule has 0 aromatic carbocycles. The zero-order chi connectivity index (χ0) is 15.0. The molecule has 9 heteroatoms. The Morgan fingerprint density at radius 1 is 1.21 bits per heavy atom. The van der Waals surface area contributed by atoms with E-state index >= 15 is 0 Å². The van der Waals surface area contributed by atoms with Crippen LogP contribution in [0.2, 0.25) is 0 Å².